The first kappa shape index (κ1) is 15.8. The van der Waals surface area contributed by atoms with E-state index in [1.807, 2.05) is 0 Å². The average molecular weight is 272 g/mol. The molecule has 110 valence electrons. The average Bonchev–Trinajstić information content (AvgIpc) is 3.15. The van der Waals surface area contributed by atoms with Crippen molar-refractivity contribution in [2.75, 3.05) is 26.8 Å². The number of ether oxygens (including phenoxy) is 1. The van der Waals surface area contributed by atoms with E-state index in [2.05, 4.69) is 5.32 Å². The molecule has 2 amide bonds. The van der Waals surface area contributed by atoms with Crippen LogP contribution in [0.3, 0.4) is 0 Å². The summed E-state index contributed by atoms with van der Waals surface area (Å²) in [6, 6.07) is -0.327. The SMILES string of the molecule is CC(CCC(=O)O)NC(=O)N(C)CCOCC1CC1. The summed E-state index contributed by atoms with van der Waals surface area (Å²) >= 11 is 0. The van der Waals surface area contributed by atoms with E-state index < -0.39 is 5.97 Å². The summed E-state index contributed by atoms with van der Waals surface area (Å²) in [6.07, 6.45) is 3.03. The molecule has 1 aliphatic rings. The number of nitrogens with one attached hydrogen (secondary N) is 1. The van der Waals surface area contributed by atoms with Gasteiger partial charge in [-0.3, -0.25) is 4.79 Å². The number of rotatable bonds is 9. The lowest BCUT2D eigenvalue weighted by Gasteiger charge is -2.21. The number of amides is 2. The van der Waals surface area contributed by atoms with Crippen LogP contribution in [0.5, 0.6) is 0 Å². The van der Waals surface area contributed by atoms with E-state index in [1.165, 1.54) is 12.8 Å². The van der Waals surface area contributed by atoms with Crippen molar-refractivity contribution in [3.8, 4) is 0 Å². The summed E-state index contributed by atoms with van der Waals surface area (Å²) in [5.74, 6) is -0.113. The Morgan fingerprint density at radius 1 is 1.47 bits per heavy atom. The molecule has 1 aliphatic carbocycles. The maximum absolute atomic E-state index is 11.8. The van der Waals surface area contributed by atoms with Crippen molar-refractivity contribution in [3.63, 3.8) is 0 Å². The molecule has 2 N–H and O–H groups in total. The molecule has 1 fully saturated rings. The third-order valence-electron chi connectivity index (χ3n) is 3.13. The third-order valence-corrected chi connectivity index (χ3v) is 3.13. The Hall–Kier alpha value is -1.30. The van der Waals surface area contributed by atoms with Gasteiger partial charge in [0.25, 0.3) is 0 Å². The molecule has 0 aliphatic heterocycles. The normalized spacial score (nSPS) is 15.9. The fourth-order valence-corrected chi connectivity index (χ4v) is 1.57. The molecule has 1 rings (SSSR count). The predicted molar refractivity (Wildman–Crippen MR) is 71.0 cm³/mol. The minimum atomic E-state index is -0.845. The fraction of sp³-hybridized carbons (Fsp3) is 0.846. The van der Waals surface area contributed by atoms with Crippen LogP contribution in [-0.4, -0.2) is 54.9 Å². The lowest BCUT2D eigenvalue weighted by Crippen LogP contribution is -2.43. The van der Waals surface area contributed by atoms with Gasteiger partial charge < -0.3 is 20.1 Å². The zero-order valence-corrected chi connectivity index (χ0v) is 11.7. The Labute approximate surface area is 114 Å². The Bertz CT molecular complexity index is 305. The van der Waals surface area contributed by atoms with Crippen LogP contribution in [-0.2, 0) is 9.53 Å². The van der Waals surface area contributed by atoms with Gasteiger partial charge in [-0.2, -0.15) is 0 Å². The van der Waals surface area contributed by atoms with Crippen molar-refractivity contribution in [3.05, 3.63) is 0 Å². The van der Waals surface area contributed by atoms with Crippen molar-refractivity contribution >= 4 is 12.0 Å². The minimum Gasteiger partial charge on any atom is -0.481 e. The van der Waals surface area contributed by atoms with Gasteiger partial charge in [0.15, 0.2) is 0 Å². The fourth-order valence-electron chi connectivity index (χ4n) is 1.57. The number of urea groups is 1. The summed E-state index contributed by atoms with van der Waals surface area (Å²) in [5, 5.41) is 11.3. The van der Waals surface area contributed by atoms with Gasteiger partial charge in [-0.05, 0) is 32.1 Å². The summed E-state index contributed by atoms with van der Waals surface area (Å²) in [7, 11) is 1.71. The lowest BCUT2D eigenvalue weighted by atomic mass is 10.2. The van der Waals surface area contributed by atoms with E-state index in [1.54, 1.807) is 18.9 Å². The smallest absolute Gasteiger partial charge is 0.317 e. The van der Waals surface area contributed by atoms with Gasteiger partial charge in [-0.15, -0.1) is 0 Å². The molecule has 0 aromatic carbocycles. The zero-order valence-electron chi connectivity index (χ0n) is 11.7. The highest BCUT2D eigenvalue weighted by atomic mass is 16.5. The van der Waals surface area contributed by atoms with Crippen molar-refractivity contribution in [1.29, 1.82) is 0 Å². The van der Waals surface area contributed by atoms with Crippen LogP contribution in [0.25, 0.3) is 0 Å². The van der Waals surface area contributed by atoms with E-state index >= 15 is 0 Å². The maximum Gasteiger partial charge on any atom is 0.317 e. The van der Waals surface area contributed by atoms with Crippen molar-refractivity contribution in [2.45, 2.75) is 38.6 Å². The van der Waals surface area contributed by atoms with Gasteiger partial charge in [0.05, 0.1) is 6.61 Å². The van der Waals surface area contributed by atoms with Crippen LogP contribution in [0.1, 0.15) is 32.6 Å². The molecule has 0 spiro atoms. The molecule has 0 saturated heterocycles. The van der Waals surface area contributed by atoms with Gasteiger partial charge in [-0.1, -0.05) is 0 Å². The number of hydrogen-bond donors (Lipinski definition) is 2. The molecule has 0 aromatic rings. The van der Waals surface area contributed by atoms with E-state index in [9.17, 15) is 9.59 Å². The van der Waals surface area contributed by atoms with E-state index in [-0.39, 0.29) is 18.5 Å². The molecule has 0 heterocycles. The second-order valence-corrected chi connectivity index (χ2v) is 5.22. The largest absolute Gasteiger partial charge is 0.481 e. The number of aliphatic carboxylic acids is 1. The molecule has 6 heteroatoms. The van der Waals surface area contributed by atoms with Crippen LogP contribution in [0.4, 0.5) is 4.79 Å². The maximum atomic E-state index is 11.8. The van der Waals surface area contributed by atoms with Gasteiger partial charge in [0.2, 0.25) is 0 Å². The zero-order chi connectivity index (χ0) is 14.3. The first-order valence-corrected chi connectivity index (χ1v) is 6.80. The van der Waals surface area contributed by atoms with Crippen molar-refractivity contribution < 1.29 is 19.4 Å². The number of carbonyl (C=O) groups excluding carboxylic acids is 1. The topological polar surface area (TPSA) is 78.9 Å². The van der Waals surface area contributed by atoms with Crippen LogP contribution < -0.4 is 5.32 Å². The standard InChI is InChI=1S/C13H24N2O4/c1-10(3-6-12(16)17)14-13(18)15(2)7-8-19-9-11-4-5-11/h10-11H,3-9H2,1-2H3,(H,14,18)(H,16,17). The number of hydrogen-bond acceptors (Lipinski definition) is 3. The highest BCUT2D eigenvalue weighted by Gasteiger charge is 2.21. The molecular formula is C13H24N2O4. The first-order chi connectivity index (χ1) is 8.99. The molecule has 1 saturated carbocycles. The molecular weight excluding hydrogens is 248 g/mol. The minimum absolute atomic E-state index is 0.0651. The molecule has 19 heavy (non-hydrogen) atoms. The molecule has 6 nitrogen and oxygen atoms in total. The Kier molecular flexibility index (Phi) is 6.62. The van der Waals surface area contributed by atoms with Crippen LogP contribution in [0, 0.1) is 5.92 Å². The first-order valence-electron chi connectivity index (χ1n) is 6.80. The monoisotopic (exact) mass is 272 g/mol. The van der Waals surface area contributed by atoms with E-state index in [0.29, 0.717) is 19.6 Å². The van der Waals surface area contributed by atoms with E-state index in [0.717, 1.165) is 12.5 Å². The quantitative estimate of drug-likeness (QED) is 0.620. The third kappa shape index (κ3) is 7.66. The Morgan fingerprint density at radius 3 is 2.74 bits per heavy atom. The van der Waals surface area contributed by atoms with Gasteiger partial charge in [0, 0.05) is 32.7 Å². The van der Waals surface area contributed by atoms with Gasteiger partial charge >= 0.3 is 12.0 Å². The van der Waals surface area contributed by atoms with Crippen molar-refractivity contribution in [2.24, 2.45) is 5.92 Å². The Morgan fingerprint density at radius 2 is 2.16 bits per heavy atom. The molecule has 1 unspecified atom stereocenters. The van der Waals surface area contributed by atoms with Crippen LogP contribution in [0.15, 0.2) is 0 Å². The summed E-state index contributed by atoms with van der Waals surface area (Å²) in [5.41, 5.74) is 0. The predicted octanol–water partition coefficient (Wildman–Crippen LogP) is 1.31. The number of likely N-dealkylation sites (N-methyl/N-ethyl adjacent to an activating group) is 1. The van der Waals surface area contributed by atoms with Crippen molar-refractivity contribution in [1.82, 2.24) is 10.2 Å². The molecule has 0 aromatic heterocycles. The second-order valence-electron chi connectivity index (χ2n) is 5.22. The highest BCUT2D eigenvalue weighted by Crippen LogP contribution is 2.28. The number of carboxylic acids is 1. The van der Waals surface area contributed by atoms with Crippen LogP contribution in [0.2, 0.25) is 0 Å². The number of carboxylic acid groups (broad SMARTS) is 1. The van der Waals surface area contributed by atoms with Crippen LogP contribution >= 0.6 is 0 Å². The molecule has 0 radical (unpaired) electrons. The second kappa shape index (κ2) is 7.99. The summed E-state index contributed by atoms with van der Waals surface area (Å²) in [6.45, 7) is 3.69. The number of carbonyl (C=O) groups is 2. The van der Waals surface area contributed by atoms with Gasteiger partial charge in [-0.25, -0.2) is 4.79 Å². The van der Waals surface area contributed by atoms with Gasteiger partial charge in [0.1, 0.15) is 0 Å². The highest BCUT2D eigenvalue weighted by molar-refractivity contribution is 5.74. The van der Waals surface area contributed by atoms with E-state index in [4.69, 9.17) is 9.84 Å². The summed E-state index contributed by atoms with van der Waals surface area (Å²) in [4.78, 5) is 23.7. The lowest BCUT2D eigenvalue weighted by molar-refractivity contribution is -0.137. The Balaban J connectivity index is 2.06. The molecule has 1 atom stereocenters. The molecule has 0 bridgehead atoms. The summed E-state index contributed by atoms with van der Waals surface area (Å²) < 4.78 is 5.46. The number of nitrogens with zero attached hydrogens (tertiary/aromatic N) is 1.